The summed E-state index contributed by atoms with van der Waals surface area (Å²) in [5.41, 5.74) is 6.08. The van der Waals surface area contributed by atoms with E-state index in [4.69, 9.17) is 14.3 Å². The molecule has 0 spiro atoms. The fourth-order valence-electron chi connectivity index (χ4n) is 3.32. The molecule has 0 radical (unpaired) electrons. The summed E-state index contributed by atoms with van der Waals surface area (Å²) in [6, 6.07) is 20.8. The normalized spacial score (nSPS) is 9.62. The zero-order valence-corrected chi connectivity index (χ0v) is 21.7. The van der Waals surface area contributed by atoms with E-state index in [9.17, 15) is 4.39 Å². The largest absolute Gasteiger partial charge is 0.383 e. The van der Waals surface area contributed by atoms with Gasteiger partial charge in [-0.2, -0.15) is 5.10 Å². The minimum absolute atomic E-state index is 0.260. The molecule has 0 amide bonds. The molecular weight excluding hydrogens is 471 g/mol. The average Bonchev–Trinajstić information content (AvgIpc) is 3.39. The number of methoxy groups -OCH3 is 1. The predicted octanol–water partition coefficient (Wildman–Crippen LogP) is 4.72. The molecule has 2 N–H and O–H groups in total. The number of likely N-dealkylation sites (N-methyl/N-ethyl adjacent to an activating group) is 1. The van der Waals surface area contributed by atoms with Crippen LogP contribution < -0.4 is 10.6 Å². The zero-order valence-electron chi connectivity index (χ0n) is 21.7. The van der Waals surface area contributed by atoms with Gasteiger partial charge in [-0.1, -0.05) is 48.5 Å². The number of aryl methyl sites for hydroxylation is 1. The number of carbonyl (C=O) groups excluding carboxylic acids is 2. The van der Waals surface area contributed by atoms with Crippen molar-refractivity contribution in [3.63, 3.8) is 0 Å². The lowest BCUT2D eigenvalue weighted by Gasteiger charge is -2.11. The lowest BCUT2D eigenvalue weighted by molar-refractivity contribution is -0.0987. The van der Waals surface area contributed by atoms with Crippen LogP contribution in [0.5, 0.6) is 0 Å². The van der Waals surface area contributed by atoms with Gasteiger partial charge in [0.25, 0.3) is 0 Å². The Morgan fingerprint density at radius 1 is 1.00 bits per heavy atom. The lowest BCUT2D eigenvalue weighted by atomic mass is 10.1. The first kappa shape index (κ1) is 30.9. The summed E-state index contributed by atoms with van der Waals surface area (Å²) in [7, 11) is 3.59. The summed E-state index contributed by atoms with van der Waals surface area (Å²) in [4.78, 5) is 16.0. The van der Waals surface area contributed by atoms with Crippen LogP contribution in [0.25, 0.3) is 22.3 Å². The van der Waals surface area contributed by atoms with Crippen molar-refractivity contribution in [1.82, 2.24) is 20.4 Å². The molecule has 8 heteroatoms. The molecule has 0 aliphatic rings. The van der Waals surface area contributed by atoms with Crippen molar-refractivity contribution >= 4 is 30.2 Å². The van der Waals surface area contributed by atoms with Gasteiger partial charge in [-0.05, 0) is 49.9 Å². The number of benzene rings is 3. The van der Waals surface area contributed by atoms with Crippen molar-refractivity contribution in [2.24, 2.45) is 0 Å². The van der Waals surface area contributed by atoms with Gasteiger partial charge in [-0.15, -0.1) is 0 Å². The van der Waals surface area contributed by atoms with Crippen LogP contribution in [0.15, 0.2) is 79.5 Å². The second-order valence-electron chi connectivity index (χ2n) is 7.69. The van der Waals surface area contributed by atoms with E-state index in [1.807, 2.05) is 49.7 Å². The van der Waals surface area contributed by atoms with Crippen molar-refractivity contribution in [3.8, 4) is 5.69 Å². The Hall–Kier alpha value is -4.14. The van der Waals surface area contributed by atoms with E-state index in [-0.39, 0.29) is 5.82 Å². The predicted molar refractivity (Wildman–Crippen MR) is 148 cm³/mol. The molecule has 0 bridgehead atoms. The first-order chi connectivity index (χ1) is 18.0. The minimum Gasteiger partial charge on any atom is -0.383 e. The third-order valence-corrected chi connectivity index (χ3v) is 5.19. The number of hydrogen-bond donors (Lipinski definition) is 2. The van der Waals surface area contributed by atoms with E-state index in [0.29, 0.717) is 6.54 Å². The van der Waals surface area contributed by atoms with E-state index >= 15 is 0 Å². The van der Waals surface area contributed by atoms with Crippen molar-refractivity contribution in [2.75, 3.05) is 27.3 Å². The summed E-state index contributed by atoms with van der Waals surface area (Å²) >= 11 is 0. The van der Waals surface area contributed by atoms with Crippen LogP contribution in [-0.2, 0) is 20.9 Å². The Kier molecular flexibility index (Phi) is 14.5. The average molecular weight is 507 g/mol. The molecule has 4 aromatic rings. The second-order valence-corrected chi connectivity index (χ2v) is 7.69. The molecule has 0 aliphatic carbocycles. The highest BCUT2D eigenvalue weighted by Crippen LogP contribution is 2.25. The maximum atomic E-state index is 13.2. The van der Waals surface area contributed by atoms with Crippen LogP contribution in [0.2, 0.25) is 0 Å². The Morgan fingerprint density at radius 3 is 2.22 bits per heavy atom. The van der Waals surface area contributed by atoms with Gasteiger partial charge < -0.3 is 25.0 Å². The lowest BCUT2D eigenvalue weighted by Crippen LogP contribution is -2.12. The Balaban J connectivity index is 0.000000595. The maximum absolute atomic E-state index is 13.2. The molecule has 4 rings (SSSR count). The molecule has 3 aromatic carbocycles. The number of aromatic nitrogens is 2. The van der Waals surface area contributed by atoms with Crippen LogP contribution in [0, 0.1) is 12.7 Å². The molecule has 1 aromatic heterocycles. The van der Waals surface area contributed by atoms with Crippen LogP contribution in [0.1, 0.15) is 16.7 Å². The fourth-order valence-corrected chi connectivity index (χ4v) is 3.32. The van der Waals surface area contributed by atoms with Crippen molar-refractivity contribution in [1.29, 1.82) is 0 Å². The topological polar surface area (TPSA) is 85.2 Å². The molecule has 0 unspecified atom stereocenters. The van der Waals surface area contributed by atoms with Gasteiger partial charge in [0.2, 0.25) is 0 Å². The fraction of sp³-hybridized carbons (Fsp3) is 0.207. The minimum atomic E-state index is -0.260. The summed E-state index contributed by atoms with van der Waals surface area (Å²) in [6.45, 7) is 12.7. The van der Waals surface area contributed by atoms with Gasteiger partial charge >= 0.3 is 0 Å². The number of carbonyl (C=O) groups is 2. The van der Waals surface area contributed by atoms with Gasteiger partial charge in [-0.25, -0.2) is 9.07 Å². The summed E-state index contributed by atoms with van der Waals surface area (Å²) in [5.74, 6) is -0.260. The van der Waals surface area contributed by atoms with Crippen molar-refractivity contribution < 1.29 is 18.7 Å². The number of nitrogens with zero attached hydrogens (tertiary/aromatic N) is 2. The highest BCUT2D eigenvalue weighted by Gasteiger charge is 2.10. The third kappa shape index (κ3) is 9.44. The van der Waals surface area contributed by atoms with Crippen LogP contribution in [-0.4, -0.2) is 50.7 Å². The smallest absolute Gasteiger partial charge is 0.123 e. The van der Waals surface area contributed by atoms with Crippen LogP contribution in [0.3, 0.4) is 0 Å². The van der Waals surface area contributed by atoms with E-state index in [2.05, 4.69) is 53.5 Å². The molecule has 1 heterocycles. The summed E-state index contributed by atoms with van der Waals surface area (Å²) < 4.78 is 19.7. The Bertz CT molecular complexity index is 1200. The highest BCUT2D eigenvalue weighted by molar-refractivity contribution is 5.91. The van der Waals surface area contributed by atoms with Crippen molar-refractivity contribution in [2.45, 2.75) is 13.5 Å². The Labute approximate surface area is 218 Å². The Morgan fingerprint density at radius 2 is 1.65 bits per heavy atom. The molecule has 0 fully saturated rings. The van der Waals surface area contributed by atoms with Crippen LogP contribution >= 0.6 is 0 Å². The van der Waals surface area contributed by atoms with Gasteiger partial charge in [0.05, 0.1) is 24.0 Å². The quantitative estimate of drug-likeness (QED) is 0.337. The van der Waals surface area contributed by atoms with E-state index in [1.54, 1.807) is 19.2 Å². The molecular formula is C29H35FN4O3. The first-order valence-electron chi connectivity index (χ1n) is 11.5. The number of halogens is 1. The maximum Gasteiger partial charge on any atom is 0.123 e. The number of ether oxygens (including phenoxy) is 1. The monoisotopic (exact) mass is 506 g/mol. The standard InChI is InChI=1S/C23H20FN3.C4H11NO.2CH2O/c1-16-6-8-18(9-7-16)14-25-17(2)21-4-3-5-23-22(21)15-26-27(23)20-12-10-19(24)11-13-20;1-5-3-4-6-2;2*1-2/h3-13,15,25H,2,14H2,1H3;5H,3-4H2,1-2H3;2*1H2. The van der Waals surface area contributed by atoms with Gasteiger partial charge in [0.1, 0.15) is 19.4 Å². The zero-order chi connectivity index (χ0) is 27.6. The molecule has 37 heavy (non-hydrogen) atoms. The van der Waals surface area contributed by atoms with E-state index in [1.165, 1.54) is 23.3 Å². The number of hydrogen-bond acceptors (Lipinski definition) is 6. The van der Waals surface area contributed by atoms with E-state index < -0.39 is 0 Å². The first-order valence-corrected chi connectivity index (χ1v) is 11.5. The molecule has 0 saturated heterocycles. The summed E-state index contributed by atoms with van der Waals surface area (Å²) in [6.07, 6.45) is 1.83. The van der Waals surface area contributed by atoms with Gasteiger partial charge in [0, 0.05) is 36.8 Å². The molecule has 7 nitrogen and oxygen atoms in total. The van der Waals surface area contributed by atoms with Gasteiger partial charge in [-0.3, -0.25) is 0 Å². The van der Waals surface area contributed by atoms with E-state index in [0.717, 1.165) is 41.0 Å². The number of rotatable bonds is 8. The second kappa shape index (κ2) is 17.3. The molecule has 0 atom stereocenters. The summed E-state index contributed by atoms with van der Waals surface area (Å²) in [5, 5.41) is 11.8. The van der Waals surface area contributed by atoms with Crippen molar-refractivity contribution in [3.05, 3.63) is 102 Å². The van der Waals surface area contributed by atoms with Crippen LogP contribution in [0.4, 0.5) is 4.39 Å². The third-order valence-electron chi connectivity index (χ3n) is 5.19. The molecule has 0 saturated carbocycles. The molecule has 0 aliphatic heterocycles. The SMILES string of the molecule is C=C(NCc1ccc(C)cc1)c1cccc2c1cnn2-c1ccc(F)cc1.C=O.C=O.CNCCOC. The molecule has 196 valence electrons. The number of nitrogens with one attached hydrogen (secondary N) is 2. The highest BCUT2D eigenvalue weighted by atomic mass is 19.1. The van der Waals surface area contributed by atoms with Gasteiger partial charge in [0.15, 0.2) is 0 Å². The number of fused-ring (bicyclic) bond motifs is 1.